The van der Waals surface area contributed by atoms with E-state index in [9.17, 15) is 18.3 Å². The molecule has 8 heteroatoms. The summed E-state index contributed by atoms with van der Waals surface area (Å²) in [5.41, 5.74) is 0.527. The molecule has 24 heavy (non-hydrogen) atoms. The van der Waals surface area contributed by atoms with Crippen molar-refractivity contribution in [1.29, 1.82) is 0 Å². The van der Waals surface area contributed by atoms with Crippen LogP contribution in [0.5, 0.6) is 5.75 Å². The quantitative estimate of drug-likeness (QED) is 0.647. The van der Waals surface area contributed by atoms with Crippen LogP contribution in [-0.2, 0) is 10.0 Å². The van der Waals surface area contributed by atoms with Gasteiger partial charge in [0.2, 0.25) is 0 Å². The maximum Gasteiger partial charge on any atom is 0.348 e. The number of hydrogen-bond donors (Lipinski definition) is 2. The lowest BCUT2D eigenvalue weighted by molar-refractivity contribution is 0.432. The summed E-state index contributed by atoms with van der Waals surface area (Å²) in [7, 11) is -3.90. The van der Waals surface area contributed by atoms with Crippen LogP contribution in [0.3, 0.4) is 0 Å². The van der Waals surface area contributed by atoms with Gasteiger partial charge in [0.1, 0.15) is 17.1 Å². The van der Waals surface area contributed by atoms with Crippen LogP contribution in [-0.4, -0.2) is 19.2 Å². The first kappa shape index (κ1) is 17.7. The fourth-order valence-corrected chi connectivity index (χ4v) is 3.35. The molecule has 7 nitrogen and oxygen atoms in total. The molecule has 0 aliphatic rings. The van der Waals surface area contributed by atoms with Crippen molar-refractivity contribution in [2.24, 2.45) is 5.10 Å². The molecule has 128 valence electrons. The van der Waals surface area contributed by atoms with Crippen LogP contribution < -0.4 is 10.5 Å². The maximum atomic E-state index is 12.3. The van der Waals surface area contributed by atoms with E-state index in [1.54, 1.807) is 19.1 Å². The van der Waals surface area contributed by atoms with Crippen molar-refractivity contribution in [3.63, 3.8) is 0 Å². The second-order valence-electron chi connectivity index (χ2n) is 5.47. The number of rotatable bonds is 4. The van der Waals surface area contributed by atoms with Crippen LogP contribution in [0.25, 0.3) is 0 Å². The van der Waals surface area contributed by atoms with E-state index in [0.717, 1.165) is 5.56 Å². The molecule has 1 aromatic carbocycles. The van der Waals surface area contributed by atoms with E-state index in [2.05, 4.69) is 9.93 Å². The average molecular weight is 350 g/mol. The Kier molecular flexibility index (Phi) is 4.79. The number of hydrazone groups is 1. The highest BCUT2D eigenvalue weighted by atomic mass is 32.2. The molecular weight excluding hydrogens is 332 g/mol. The number of hydrogen-bond acceptors (Lipinski definition) is 6. The fraction of sp³-hybridized carbons (Fsp3) is 0.250. The molecule has 0 saturated heterocycles. The van der Waals surface area contributed by atoms with Crippen molar-refractivity contribution in [2.45, 2.75) is 32.6 Å². The minimum atomic E-state index is -3.90. The van der Waals surface area contributed by atoms with Crippen molar-refractivity contribution >= 4 is 15.7 Å². The Bertz CT molecular complexity index is 974. The summed E-state index contributed by atoms with van der Waals surface area (Å²) < 4.78 is 29.6. The number of aryl methyl sites for hydroxylation is 3. The fourth-order valence-electron chi connectivity index (χ4n) is 2.26. The predicted octanol–water partition coefficient (Wildman–Crippen LogP) is 1.97. The lowest BCUT2D eigenvalue weighted by atomic mass is 10.2. The number of benzene rings is 1. The zero-order valence-electron chi connectivity index (χ0n) is 13.7. The summed E-state index contributed by atoms with van der Waals surface area (Å²) in [4.78, 5) is 14.0. The number of aromatic hydroxyl groups is 1. The molecule has 0 atom stereocenters. The van der Waals surface area contributed by atoms with Gasteiger partial charge in [0.05, 0.1) is 10.6 Å². The molecule has 2 aromatic rings. The van der Waals surface area contributed by atoms with Gasteiger partial charge in [0.15, 0.2) is 0 Å². The summed E-state index contributed by atoms with van der Waals surface area (Å²) in [6.45, 7) is 6.45. The third-order valence-electron chi connectivity index (χ3n) is 3.37. The Morgan fingerprint density at radius 2 is 1.88 bits per heavy atom. The molecule has 0 spiro atoms. The minimum Gasteiger partial charge on any atom is -0.507 e. The standard InChI is InChI=1S/C16H18N2O5S/c1-9-5-6-14(10(2)7-9)24(21,22)18-17-12(4)15-13(19)8-11(3)23-16(15)20/h5-8,18-19H,1-4H3. The lowest BCUT2D eigenvalue weighted by Crippen LogP contribution is -2.22. The van der Waals surface area contributed by atoms with Gasteiger partial charge >= 0.3 is 5.63 Å². The van der Waals surface area contributed by atoms with Crippen LogP contribution >= 0.6 is 0 Å². The van der Waals surface area contributed by atoms with Crippen LogP contribution in [0.15, 0.2) is 43.5 Å². The predicted molar refractivity (Wildman–Crippen MR) is 89.8 cm³/mol. The molecule has 0 amide bonds. The maximum absolute atomic E-state index is 12.3. The Balaban J connectivity index is 2.38. The van der Waals surface area contributed by atoms with E-state index in [4.69, 9.17) is 4.42 Å². The van der Waals surface area contributed by atoms with Gasteiger partial charge in [0, 0.05) is 6.07 Å². The summed E-state index contributed by atoms with van der Waals surface area (Å²) in [6.07, 6.45) is 0. The molecule has 1 aromatic heterocycles. The van der Waals surface area contributed by atoms with Crippen LogP contribution in [0, 0.1) is 20.8 Å². The first-order valence-corrected chi connectivity index (χ1v) is 8.57. The third kappa shape index (κ3) is 3.65. The van der Waals surface area contributed by atoms with Gasteiger partial charge in [-0.2, -0.15) is 18.4 Å². The Hall–Kier alpha value is -2.61. The topological polar surface area (TPSA) is 109 Å². The number of nitrogens with zero attached hydrogens (tertiary/aromatic N) is 1. The molecule has 0 saturated carbocycles. The monoisotopic (exact) mass is 350 g/mol. The molecule has 2 rings (SSSR count). The van der Waals surface area contributed by atoms with E-state index >= 15 is 0 Å². The smallest absolute Gasteiger partial charge is 0.348 e. The number of sulfonamides is 1. The summed E-state index contributed by atoms with van der Waals surface area (Å²) in [5.74, 6) is -0.0828. The van der Waals surface area contributed by atoms with Crippen molar-refractivity contribution in [3.8, 4) is 5.75 Å². The molecular formula is C16H18N2O5S. The van der Waals surface area contributed by atoms with Crippen molar-refractivity contribution in [1.82, 2.24) is 4.83 Å². The van der Waals surface area contributed by atoms with E-state index in [1.165, 1.54) is 26.0 Å². The highest BCUT2D eigenvalue weighted by Gasteiger charge is 2.18. The highest BCUT2D eigenvalue weighted by molar-refractivity contribution is 7.89. The molecule has 0 aliphatic carbocycles. The summed E-state index contributed by atoms with van der Waals surface area (Å²) in [6, 6.07) is 6.16. The van der Waals surface area contributed by atoms with Crippen molar-refractivity contribution < 1.29 is 17.9 Å². The van der Waals surface area contributed by atoms with Gasteiger partial charge < -0.3 is 9.52 Å². The van der Waals surface area contributed by atoms with Gasteiger partial charge in [-0.05, 0) is 39.3 Å². The Morgan fingerprint density at radius 1 is 1.21 bits per heavy atom. The second kappa shape index (κ2) is 6.48. The Labute approximate surface area is 139 Å². The van der Waals surface area contributed by atoms with Gasteiger partial charge in [-0.1, -0.05) is 17.7 Å². The molecule has 0 aliphatic heterocycles. The second-order valence-corrected chi connectivity index (χ2v) is 7.09. The molecule has 0 radical (unpaired) electrons. The van der Waals surface area contributed by atoms with Gasteiger partial charge in [-0.25, -0.2) is 4.79 Å². The van der Waals surface area contributed by atoms with Crippen LogP contribution in [0.4, 0.5) is 0 Å². The largest absolute Gasteiger partial charge is 0.507 e. The first-order valence-electron chi connectivity index (χ1n) is 7.09. The van der Waals surface area contributed by atoms with E-state index in [1.807, 2.05) is 6.92 Å². The molecule has 1 heterocycles. The lowest BCUT2D eigenvalue weighted by Gasteiger charge is -2.09. The Morgan fingerprint density at radius 3 is 2.46 bits per heavy atom. The minimum absolute atomic E-state index is 0.00501. The van der Waals surface area contributed by atoms with Gasteiger partial charge in [-0.15, -0.1) is 0 Å². The summed E-state index contributed by atoms with van der Waals surface area (Å²) in [5, 5.41) is 13.6. The van der Waals surface area contributed by atoms with Crippen molar-refractivity contribution in [2.75, 3.05) is 0 Å². The third-order valence-corrected chi connectivity index (χ3v) is 4.74. The first-order chi connectivity index (χ1) is 11.1. The van der Waals surface area contributed by atoms with Crippen LogP contribution in [0.2, 0.25) is 0 Å². The van der Waals surface area contributed by atoms with Crippen LogP contribution in [0.1, 0.15) is 29.4 Å². The average Bonchev–Trinajstić information content (AvgIpc) is 2.43. The molecule has 0 fully saturated rings. The van der Waals surface area contributed by atoms with E-state index in [0.29, 0.717) is 5.56 Å². The summed E-state index contributed by atoms with van der Waals surface area (Å²) >= 11 is 0. The zero-order valence-corrected chi connectivity index (χ0v) is 14.6. The highest BCUT2D eigenvalue weighted by Crippen LogP contribution is 2.17. The van der Waals surface area contributed by atoms with E-state index < -0.39 is 15.6 Å². The molecule has 2 N–H and O–H groups in total. The normalized spacial score (nSPS) is 12.2. The molecule has 0 bridgehead atoms. The van der Waals surface area contributed by atoms with Gasteiger partial charge in [0.25, 0.3) is 10.0 Å². The van der Waals surface area contributed by atoms with Crippen molar-refractivity contribution in [3.05, 3.63) is 57.1 Å². The van der Waals surface area contributed by atoms with Gasteiger partial charge in [-0.3, -0.25) is 0 Å². The zero-order chi connectivity index (χ0) is 18.1. The number of nitrogens with one attached hydrogen (secondary N) is 1. The van der Waals surface area contributed by atoms with E-state index in [-0.39, 0.29) is 27.7 Å². The SMILES string of the molecule is CC(=NNS(=O)(=O)c1ccc(C)cc1C)c1c(O)cc(C)oc1=O. The molecule has 0 unspecified atom stereocenters.